The Morgan fingerprint density at radius 1 is 0.966 bits per heavy atom. The fourth-order valence-corrected chi connectivity index (χ4v) is 5.18. The highest BCUT2D eigenvalue weighted by molar-refractivity contribution is 6.35. The number of hydrogen-bond acceptors (Lipinski definition) is 5. The lowest BCUT2D eigenvalue weighted by atomic mass is 9.77. The van der Waals surface area contributed by atoms with Gasteiger partial charge in [0.05, 0.1) is 12.8 Å². The molecule has 160 valence electrons. The molecular weight excluding hydrogens is 368 g/mol. The summed E-state index contributed by atoms with van der Waals surface area (Å²) in [7, 11) is 1.66. The van der Waals surface area contributed by atoms with E-state index in [2.05, 4.69) is 4.90 Å². The molecule has 2 aliphatic heterocycles. The average Bonchev–Trinajstić information content (AvgIpc) is 2.65. The van der Waals surface area contributed by atoms with Crippen LogP contribution in [0.3, 0.4) is 0 Å². The van der Waals surface area contributed by atoms with E-state index in [0.717, 1.165) is 11.4 Å². The van der Waals surface area contributed by atoms with Crippen molar-refractivity contribution in [3.8, 4) is 5.75 Å². The molecule has 2 saturated heterocycles. The quantitative estimate of drug-likeness (QED) is 0.764. The van der Waals surface area contributed by atoms with Crippen molar-refractivity contribution in [2.75, 3.05) is 38.2 Å². The standard InChI is InChI=1S/C22H34N4O3/c1-21(2)14-16(23)15-22(3,4)26(21)20(28)19(27)25-12-10-24(11-13-25)17-8-6-7-9-18(17)29-5/h6-9,16H,10-15,23H2,1-5H3. The highest BCUT2D eigenvalue weighted by Gasteiger charge is 2.49. The molecule has 3 rings (SSSR count). The van der Waals surface area contributed by atoms with E-state index in [9.17, 15) is 9.59 Å². The molecule has 7 nitrogen and oxygen atoms in total. The summed E-state index contributed by atoms with van der Waals surface area (Å²) in [6.07, 6.45) is 1.38. The lowest BCUT2D eigenvalue weighted by molar-refractivity contribution is -0.163. The second kappa shape index (κ2) is 7.86. The van der Waals surface area contributed by atoms with Crippen LogP contribution in [-0.2, 0) is 9.59 Å². The average molecular weight is 403 g/mol. The van der Waals surface area contributed by atoms with Crippen LogP contribution in [0.5, 0.6) is 5.75 Å². The lowest BCUT2D eigenvalue weighted by Crippen LogP contribution is -2.67. The summed E-state index contributed by atoms with van der Waals surface area (Å²) in [5.41, 5.74) is 6.32. The number of anilines is 1. The molecule has 29 heavy (non-hydrogen) atoms. The van der Waals surface area contributed by atoms with Crippen LogP contribution in [0.2, 0.25) is 0 Å². The summed E-state index contributed by atoms with van der Waals surface area (Å²) >= 11 is 0. The lowest BCUT2D eigenvalue weighted by Gasteiger charge is -2.54. The number of methoxy groups -OCH3 is 1. The van der Waals surface area contributed by atoms with Gasteiger partial charge in [-0.2, -0.15) is 0 Å². The molecule has 7 heteroatoms. The number of amides is 2. The Morgan fingerprint density at radius 3 is 2.07 bits per heavy atom. The van der Waals surface area contributed by atoms with Gasteiger partial charge in [-0.05, 0) is 52.7 Å². The van der Waals surface area contributed by atoms with Gasteiger partial charge >= 0.3 is 11.8 Å². The number of rotatable bonds is 2. The summed E-state index contributed by atoms with van der Waals surface area (Å²) in [5.74, 6) is -0.0181. The van der Waals surface area contributed by atoms with Gasteiger partial charge in [0.15, 0.2) is 0 Å². The molecular formula is C22H34N4O3. The third-order valence-electron chi connectivity index (χ3n) is 6.11. The Bertz CT molecular complexity index is 751. The number of carbonyl (C=O) groups is 2. The summed E-state index contributed by atoms with van der Waals surface area (Å²) in [6, 6.07) is 7.90. The summed E-state index contributed by atoms with van der Waals surface area (Å²) < 4.78 is 5.45. The molecule has 2 heterocycles. The minimum atomic E-state index is -0.451. The molecule has 0 saturated carbocycles. The van der Waals surface area contributed by atoms with Crippen LogP contribution in [0.25, 0.3) is 0 Å². The third-order valence-corrected chi connectivity index (χ3v) is 6.11. The summed E-state index contributed by atoms with van der Waals surface area (Å²) in [5, 5.41) is 0. The minimum Gasteiger partial charge on any atom is -0.495 e. The van der Waals surface area contributed by atoms with Gasteiger partial charge in [-0.25, -0.2) is 0 Å². The molecule has 0 unspecified atom stereocenters. The molecule has 0 aliphatic carbocycles. The van der Waals surface area contributed by atoms with Crippen LogP contribution >= 0.6 is 0 Å². The van der Waals surface area contributed by atoms with Crippen LogP contribution in [0, 0.1) is 0 Å². The number of para-hydroxylation sites is 2. The van der Waals surface area contributed by atoms with Gasteiger partial charge in [-0.15, -0.1) is 0 Å². The second-order valence-electron chi connectivity index (χ2n) is 9.38. The molecule has 2 aliphatic rings. The summed E-state index contributed by atoms with van der Waals surface area (Å²) in [4.78, 5) is 32.0. The molecule has 2 amide bonds. The first-order valence-electron chi connectivity index (χ1n) is 10.3. The van der Waals surface area contributed by atoms with Gasteiger partial charge in [0.2, 0.25) is 0 Å². The van der Waals surface area contributed by atoms with Gasteiger partial charge in [0, 0.05) is 43.3 Å². The first-order chi connectivity index (χ1) is 13.6. The number of likely N-dealkylation sites (tertiary alicyclic amines) is 1. The number of ether oxygens (including phenoxy) is 1. The van der Waals surface area contributed by atoms with Crippen LogP contribution in [0.1, 0.15) is 40.5 Å². The maximum absolute atomic E-state index is 13.2. The molecule has 2 fully saturated rings. The van der Waals surface area contributed by atoms with Gasteiger partial charge < -0.3 is 25.2 Å². The number of carbonyl (C=O) groups excluding carboxylic acids is 2. The van der Waals surface area contributed by atoms with Gasteiger partial charge in [0.1, 0.15) is 5.75 Å². The predicted molar refractivity (Wildman–Crippen MR) is 114 cm³/mol. The fourth-order valence-electron chi connectivity index (χ4n) is 5.18. The number of hydrogen-bond donors (Lipinski definition) is 1. The molecule has 0 aromatic heterocycles. The first kappa shape index (κ1) is 21.4. The number of piperidine rings is 1. The van der Waals surface area contributed by atoms with Crippen LogP contribution in [0.4, 0.5) is 5.69 Å². The minimum absolute atomic E-state index is 0.0311. The van der Waals surface area contributed by atoms with Crippen molar-refractivity contribution >= 4 is 17.5 Å². The van der Waals surface area contributed by atoms with Crippen molar-refractivity contribution in [2.45, 2.75) is 57.7 Å². The maximum Gasteiger partial charge on any atom is 0.312 e. The smallest absolute Gasteiger partial charge is 0.312 e. The van der Waals surface area contributed by atoms with Gasteiger partial charge in [-0.1, -0.05) is 12.1 Å². The third kappa shape index (κ3) is 4.20. The maximum atomic E-state index is 13.2. The van der Waals surface area contributed by atoms with E-state index in [-0.39, 0.29) is 6.04 Å². The van der Waals surface area contributed by atoms with Crippen molar-refractivity contribution in [3.05, 3.63) is 24.3 Å². The molecule has 0 atom stereocenters. The Morgan fingerprint density at radius 2 is 1.52 bits per heavy atom. The Hall–Kier alpha value is -2.28. The predicted octanol–water partition coefficient (Wildman–Crippen LogP) is 1.85. The van der Waals surface area contributed by atoms with Crippen molar-refractivity contribution in [1.82, 2.24) is 9.80 Å². The molecule has 2 N–H and O–H groups in total. The van der Waals surface area contributed by atoms with E-state index in [1.165, 1.54) is 0 Å². The zero-order chi connectivity index (χ0) is 21.4. The zero-order valence-electron chi connectivity index (χ0n) is 18.3. The van der Waals surface area contributed by atoms with Gasteiger partial charge in [-0.3, -0.25) is 9.59 Å². The van der Waals surface area contributed by atoms with Crippen molar-refractivity contribution in [1.29, 1.82) is 0 Å². The molecule has 0 spiro atoms. The monoisotopic (exact) mass is 402 g/mol. The first-order valence-corrected chi connectivity index (χ1v) is 10.3. The molecule has 1 aromatic rings. The second-order valence-corrected chi connectivity index (χ2v) is 9.38. The Labute approximate surface area is 173 Å². The van der Waals surface area contributed by atoms with E-state index >= 15 is 0 Å². The number of piperazine rings is 1. The van der Waals surface area contributed by atoms with Crippen molar-refractivity contribution in [2.24, 2.45) is 5.73 Å². The van der Waals surface area contributed by atoms with Crippen LogP contribution in [0.15, 0.2) is 24.3 Å². The highest BCUT2D eigenvalue weighted by atomic mass is 16.5. The summed E-state index contributed by atoms with van der Waals surface area (Å²) in [6.45, 7) is 10.3. The fraction of sp³-hybridized carbons (Fsp3) is 0.636. The van der Waals surface area contributed by atoms with Crippen LogP contribution in [-0.4, -0.2) is 72.0 Å². The highest BCUT2D eigenvalue weighted by Crippen LogP contribution is 2.38. The Kier molecular flexibility index (Phi) is 5.81. The normalized spacial score (nSPS) is 21.8. The van der Waals surface area contributed by atoms with E-state index in [0.29, 0.717) is 39.0 Å². The molecule has 0 bridgehead atoms. The SMILES string of the molecule is COc1ccccc1N1CCN(C(=O)C(=O)N2C(C)(C)CC(N)CC2(C)C)CC1. The number of nitrogens with zero attached hydrogens (tertiary/aromatic N) is 3. The van der Waals surface area contributed by atoms with E-state index in [1.54, 1.807) is 16.9 Å². The van der Waals surface area contributed by atoms with Crippen molar-refractivity contribution < 1.29 is 14.3 Å². The van der Waals surface area contributed by atoms with E-state index in [1.807, 2.05) is 52.0 Å². The van der Waals surface area contributed by atoms with Crippen LogP contribution < -0.4 is 15.4 Å². The number of nitrogens with two attached hydrogens (primary N) is 1. The van der Waals surface area contributed by atoms with Crippen molar-refractivity contribution in [3.63, 3.8) is 0 Å². The molecule has 0 radical (unpaired) electrons. The number of benzene rings is 1. The van der Waals surface area contributed by atoms with E-state index < -0.39 is 22.9 Å². The topological polar surface area (TPSA) is 79.1 Å². The largest absolute Gasteiger partial charge is 0.495 e. The zero-order valence-corrected chi connectivity index (χ0v) is 18.3. The van der Waals surface area contributed by atoms with E-state index in [4.69, 9.17) is 10.5 Å². The molecule has 1 aromatic carbocycles. The Balaban J connectivity index is 1.69. The van der Waals surface area contributed by atoms with Gasteiger partial charge in [0.25, 0.3) is 0 Å².